The van der Waals surface area contributed by atoms with Gasteiger partial charge in [0.05, 0.1) is 0 Å². The molecule has 0 spiro atoms. The first-order valence-corrected chi connectivity index (χ1v) is 6.09. The van der Waals surface area contributed by atoms with Crippen molar-refractivity contribution in [2.75, 3.05) is 0 Å². The third-order valence-electron chi connectivity index (χ3n) is 2.84. The van der Waals surface area contributed by atoms with E-state index in [1.165, 1.54) is 12.1 Å². The van der Waals surface area contributed by atoms with Crippen LogP contribution in [0, 0.1) is 0 Å². The van der Waals surface area contributed by atoms with Crippen LogP contribution in [0.15, 0.2) is 54.6 Å². The molecule has 2 aromatic rings. The molecule has 0 radical (unpaired) electrons. The molecule has 0 heterocycles. The fraction of sp³-hybridized carbons (Fsp3) is 0.200. The van der Waals surface area contributed by atoms with E-state index in [-0.39, 0.29) is 11.8 Å². The Morgan fingerprint density at radius 3 is 2.10 bits per heavy atom. The predicted molar refractivity (Wildman–Crippen MR) is 70.2 cm³/mol. The van der Waals surface area contributed by atoms with Gasteiger partial charge in [-0.3, -0.25) is 0 Å². The molecule has 0 bridgehead atoms. The Labute approximate surface area is 115 Å². The fourth-order valence-corrected chi connectivity index (χ4v) is 1.90. The molecule has 2 aromatic carbocycles. The van der Waals surface area contributed by atoms with Gasteiger partial charge in [-0.2, -0.15) is 0 Å². The normalized spacial score (nSPS) is 13.0. The molecule has 0 saturated carbocycles. The summed E-state index contributed by atoms with van der Waals surface area (Å²) < 4.78 is 39.9. The molecular weight excluding hydrogens is 267 g/mol. The highest BCUT2D eigenvalue weighted by Gasteiger charge is 2.30. The van der Waals surface area contributed by atoms with Gasteiger partial charge in [-0.15, -0.1) is 13.2 Å². The van der Waals surface area contributed by atoms with Crippen molar-refractivity contribution >= 4 is 0 Å². The van der Waals surface area contributed by atoms with Crippen LogP contribution in [-0.4, -0.2) is 6.36 Å². The van der Waals surface area contributed by atoms with Gasteiger partial charge in [0.25, 0.3) is 0 Å². The predicted octanol–water partition coefficient (Wildman–Crippen LogP) is 3.83. The Morgan fingerprint density at radius 2 is 1.55 bits per heavy atom. The number of benzene rings is 2. The minimum Gasteiger partial charge on any atom is -0.406 e. The van der Waals surface area contributed by atoms with E-state index in [0.29, 0.717) is 6.42 Å². The average Bonchev–Trinajstić information content (AvgIpc) is 2.40. The van der Waals surface area contributed by atoms with Crippen molar-refractivity contribution < 1.29 is 17.9 Å². The third kappa shape index (κ3) is 4.28. The number of rotatable bonds is 4. The Morgan fingerprint density at radius 1 is 0.950 bits per heavy atom. The second kappa shape index (κ2) is 5.96. The van der Waals surface area contributed by atoms with E-state index in [4.69, 9.17) is 5.73 Å². The Bertz CT molecular complexity index is 537. The topological polar surface area (TPSA) is 35.2 Å². The summed E-state index contributed by atoms with van der Waals surface area (Å²) in [5, 5.41) is 0. The molecule has 0 fully saturated rings. The maximum Gasteiger partial charge on any atom is 0.573 e. The van der Waals surface area contributed by atoms with Gasteiger partial charge >= 0.3 is 6.36 Å². The van der Waals surface area contributed by atoms with Gasteiger partial charge in [0.15, 0.2) is 0 Å². The molecule has 2 N–H and O–H groups in total. The van der Waals surface area contributed by atoms with Crippen LogP contribution in [0.5, 0.6) is 5.75 Å². The van der Waals surface area contributed by atoms with Gasteiger partial charge < -0.3 is 10.5 Å². The smallest absolute Gasteiger partial charge is 0.406 e. The Balaban J connectivity index is 2.00. The van der Waals surface area contributed by atoms with Crippen molar-refractivity contribution in [1.82, 2.24) is 0 Å². The van der Waals surface area contributed by atoms with Crippen LogP contribution in [0.3, 0.4) is 0 Å². The van der Waals surface area contributed by atoms with E-state index in [2.05, 4.69) is 4.74 Å². The highest BCUT2D eigenvalue weighted by atomic mass is 19.4. The van der Waals surface area contributed by atoms with E-state index in [1.807, 2.05) is 30.3 Å². The van der Waals surface area contributed by atoms with Crippen LogP contribution in [0.4, 0.5) is 13.2 Å². The molecule has 0 aliphatic carbocycles. The van der Waals surface area contributed by atoms with Crippen molar-refractivity contribution in [3.63, 3.8) is 0 Å². The first kappa shape index (κ1) is 14.4. The summed E-state index contributed by atoms with van der Waals surface area (Å²) in [4.78, 5) is 0. The van der Waals surface area contributed by atoms with Crippen LogP contribution >= 0.6 is 0 Å². The van der Waals surface area contributed by atoms with Gasteiger partial charge in [0, 0.05) is 6.04 Å². The number of halogens is 3. The van der Waals surface area contributed by atoms with Crippen LogP contribution in [0.25, 0.3) is 0 Å². The zero-order chi connectivity index (χ0) is 14.6. The summed E-state index contributed by atoms with van der Waals surface area (Å²) in [6, 6.07) is 15.1. The van der Waals surface area contributed by atoms with Gasteiger partial charge in [-0.25, -0.2) is 0 Å². The highest BCUT2D eigenvalue weighted by molar-refractivity contribution is 5.29. The lowest BCUT2D eigenvalue weighted by Gasteiger charge is -2.13. The summed E-state index contributed by atoms with van der Waals surface area (Å²) in [7, 11) is 0. The lowest BCUT2D eigenvalue weighted by molar-refractivity contribution is -0.274. The standard InChI is InChI=1S/C15H14F3NO/c16-15(17,18)20-13-8-6-11(7-9-13)10-14(19)12-4-2-1-3-5-12/h1-9,14H,10,19H2. The zero-order valence-electron chi connectivity index (χ0n) is 10.6. The van der Waals surface area contributed by atoms with Gasteiger partial charge in [-0.1, -0.05) is 42.5 Å². The molecule has 2 rings (SSSR count). The van der Waals surface area contributed by atoms with Crippen molar-refractivity contribution in [2.45, 2.75) is 18.8 Å². The summed E-state index contributed by atoms with van der Waals surface area (Å²) in [6.07, 6.45) is -4.11. The molecule has 20 heavy (non-hydrogen) atoms. The van der Waals surface area contributed by atoms with Crippen LogP contribution < -0.4 is 10.5 Å². The number of hydrogen-bond acceptors (Lipinski definition) is 2. The molecular formula is C15H14F3NO. The zero-order valence-corrected chi connectivity index (χ0v) is 10.6. The van der Waals surface area contributed by atoms with E-state index in [9.17, 15) is 13.2 Å². The van der Waals surface area contributed by atoms with Crippen molar-refractivity contribution in [1.29, 1.82) is 0 Å². The van der Waals surface area contributed by atoms with Crippen molar-refractivity contribution in [3.8, 4) is 5.75 Å². The van der Waals surface area contributed by atoms with Crippen molar-refractivity contribution in [2.24, 2.45) is 5.73 Å². The molecule has 106 valence electrons. The molecule has 0 saturated heterocycles. The minimum atomic E-state index is -4.66. The van der Waals surface area contributed by atoms with Gasteiger partial charge in [0.2, 0.25) is 0 Å². The monoisotopic (exact) mass is 281 g/mol. The summed E-state index contributed by atoms with van der Waals surface area (Å²) in [6.45, 7) is 0. The largest absolute Gasteiger partial charge is 0.573 e. The highest BCUT2D eigenvalue weighted by Crippen LogP contribution is 2.24. The van der Waals surface area contributed by atoms with Crippen LogP contribution in [0.1, 0.15) is 17.2 Å². The number of hydrogen-bond donors (Lipinski definition) is 1. The molecule has 1 atom stereocenters. The minimum absolute atomic E-state index is 0.189. The third-order valence-corrected chi connectivity index (χ3v) is 2.84. The summed E-state index contributed by atoms with van der Waals surface area (Å²) >= 11 is 0. The van der Waals surface area contributed by atoms with E-state index < -0.39 is 6.36 Å². The van der Waals surface area contributed by atoms with Crippen LogP contribution in [0.2, 0.25) is 0 Å². The van der Waals surface area contributed by atoms with E-state index >= 15 is 0 Å². The molecule has 0 aromatic heterocycles. The van der Waals surface area contributed by atoms with Crippen LogP contribution in [-0.2, 0) is 6.42 Å². The average molecular weight is 281 g/mol. The molecule has 2 nitrogen and oxygen atoms in total. The molecule has 5 heteroatoms. The molecule has 0 amide bonds. The lowest BCUT2D eigenvalue weighted by Crippen LogP contribution is -2.17. The fourth-order valence-electron chi connectivity index (χ4n) is 1.90. The SMILES string of the molecule is NC(Cc1ccc(OC(F)(F)F)cc1)c1ccccc1. The number of ether oxygens (including phenoxy) is 1. The van der Waals surface area contributed by atoms with Gasteiger partial charge in [-0.05, 0) is 29.7 Å². The quantitative estimate of drug-likeness (QED) is 0.924. The number of alkyl halides is 3. The molecule has 0 aliphatic heterocycles. The second-order valence-electron chi connectivity index (χ2n) is 4.41. The maximum absolute atomic E-state index is 12.0. The first-order valence-electron chi connectivity index (χ1n) is 6.09. The second-order valence-corrected chi connectivity index (χ2v) is 4.41. The van der Waals surface area contributed by atoms with Crippen molar-refractivity contribution in [3.05, 3.63) is 65.7 Å². The lowest BCUT2D eigenvalue weighted by atomic mass is 10.00. The maximum atomic E-state index is 12.0. The Kier molecular flexibility index (Phi) is 4.29. The van der Waals surface area contributed by atoms with Gasteiger partial charge in [0.1, 0.15) is 5.75 Å². The Hall–Kier alpha value is -2.01. The number of nitrogens with two attached hydrogens (primary N) is 1. The summed E-state index contributed by atoms with van der Waals surface area (Å²) in [5.41, 5.74) is 7.90. The first-order chi connectivity index (χ1) is 9.44. The molecule has 0 aliphatic rings. The van der Waals surface area contributed by atoms with E-state index in [1.54, 1.807) is 12.1 Å². The molecule has 1 unspecified atom stereocenters. The summed E-state index contributed by atoms with van der Waals surface area (Å²) in [5.74, 6) is -0.227. The van der Waals surface area contributed by atoms with E-state index in [0.717, 1.165) is 11.1 Å².